The molecule has 0 aliphatic carbocycles. The molecule has 0 unspecified atom stereocenters. The van der Waals surface area contributed by atoms with Crippen LogP contribution in [0.25, 0.3) is 0 Å². The molecule has 2 atom stereocenters. The first kappa shape index (κ1) is 12.2. The number of rotatable bonds is 1. The molecule has 1 aliphatic rings. The number of ether oxygens (including phenoxy) is 2. The first-order chi connectivity index (χ1) is 7.41. The molecule has 4 heteroatoms. The van der Waals surface area contributed by atoms with Crippen LogP contribution in [0.1, 0.15) is 32.4 Å². The van der Waals surface area contributed by atoms with Gasteiger partial charge in [0.05, 0.1) is 6.10 Å². The van der Waals surface area contributed by atoms with Gasteiger partial charge in [-0.15, -0.1) is 0 Å². The van der Waals surface area contributed by atoms with E-state index >= 15 is 0 Å². The van der Waals surface area contributed by atoms with Crippen LogP contribution in [0.15, 0.2) is 18.2 Å². The average molecular weight is 261 g/mol. The summed E-state index contributed by atoms with van der Waals surface area (Å²) >= 11 is 12.3. The van der Waals surface area contributed by atoms with E-state index in [1.807, 2.05) is 39.0 Å². The second-order valence-corrected chi connectivity index (χ2v) is 5.21. The van der Waals surface area contributed by atoms with E-state index in [9.17, 15) is 0 Å². The molecule has 0 amide bonds. The SMILES string of the molecule is C[C@@H]1OC(C)(C)O[C@H]1c1c(Cl)cccc1Cl. The van der Waals surface area contributed by atoms with Crippen LogP contribution in [0.3, 0.4) is 0 Å². The van der Waals surface area contributed by atoms with E-state index < -0.39 is 5.79 Å². The molecule has 0 bridgehead atoms. The zero-order chi connectivity index (χ0) is 11.9. The van der Waals surface area contributed by atoms with Crippen LogP contribution < -0.4 is 0 Å². The number of hydrogen-bond donors (Lipinski definition) is 0. The number of hydrogen-bond acceptors (Lipinski definition) is 2. The van der Waals surface area contributed by atoms with Crippen LogP contribution in [0, 0.1) is 0 Å². The molecule has 2 nitrogen and oxygen atoms in total. The third-order valence-corrected chi connectivity index (χ3v) is 3.25. The van der Waals surface area contributed by atoms with Gasteiger partial charge in [0.25, 0.3) is 0 Å². The fourth-order valence-electron chi connectivity index (χ4n) is 2.01. The molecule has 0 N–H and O–H groups in total. The summed E-state index contributed by atoms with van der Waals surface area (Å²) in [6.45, 7) is 5.72. The van der Waals surface area contributed by atoms with Crippen LogP contribution in [0.4, 0.5) is 0 Å². The molecule has 1 saturated heterocycles. The van der Waals surface area contributed by atoms with E-state index in [2.05, 4.69) is 0 Å². The fourth-order valence-corrected chi connectivity index (χ4v) is 2.63. The van der Waals surface area contributed by atoms with E-state index in [1.165, 1.54) is 0 Å². The lowest BCUT2D eigenvalue weighted by atomic mass is 10.1. The lowest BCUT2D eigenvalue weighted by Gasteiger charge is -2.18. The molecule has 1 aromatic rings. The van der Waals surface area contributed by atoms with Crippen LogP contribution in [-0.4, -0.2) is 11.9 Å². The van der Waals surface area contributed by atoms with Crippen LogP contribution in [0.2, 0.25) is 10.0 Å². The maximum atomic E-state index is 6.15. The average Bonchev–Trinajstić information content (AvgIpc) is 2.39. The van der Waals surface area contributed by atoms with Crippen molar-refractivity contribution < 1.29 is 9.47 Å². The molecule has 2 rings (SSSR count). The summed E-state index contributed by atoms with van der Waals surface area (Å²) in [6.07, 6.45) is -0.274. The van der Waals surface area contributed by atoms with Crippen molar-refractivity contribution in [1.29, 1.82) is 0 Å². The minimum absolute atomic E-state index is 0.0626. The van der Waals surface area contributed by atoms with Crippen molar-refractivity contribution in [3.63, 3.8) is 0 Å². The van der Waals surface area contributed by atoms with Crippen molar-refractivity contribution in [1.82, 2.24) is 0 Å². The summed E-state index contributed by atoms with van der Waals surface area (Å²) in [5, 5.41) is 1.23. The maximum absolute atomic E-state index is 6.15. The Morgan fingerprint density at radius 3 is 2.12 bits per heavy atom. The predicted octanol–water partition coefficient (Wildman–Crippen LogP) is 4.21. The van der Waals surface area contributed by atoms with Gasteiger partial charge in [-0.05, 0) is 32.9 Å². The van der Waals surface area contributed by atoms with Gasteiger partial charge in [-0.2, -0.15) is 0 Å². The van der Waals surface area contributed by atoms with Gasteiger partial charge in [-0.1, -0.05) is 29.3 Å². The highest BCUT2D eigenvalue weighted by atomic mass is 35.5. The van der Waals surface area contributed by atoms with E-state index in [1.54, 1.807) is 0 Å². The Morgan fingerprint density at radius 1 is 1.12 bits per heavy atom. The van der Waals surface area contributed by atoms with Gasteiger partial charge in [0.1, 0.15) is 6.10 Å². The summed E-state index contributed by atoms with van der Waals surface area (Å²) in [7, 11) is 0. The monoisotopic (exact) mass is 260 g/mol. The lowest BCUT2D eigenvalue weighted by Crippen LogP contribution is -2.20. The van der Waals surface area contributed by atoms with Gasteiger partial charge in [-0.3, -0.25) is 0 Å². The van der Waals surface area contributed by atoms with Crippen molar-refractivity contribution in [3.8, 4) is 0 Å². The summed E-state index contributed by atoms with van der Waals surface area (Å²) in [4.78, 5) is 0. The lowest BCUT2D eigenvalue weighted by molar-refractivity contribution is -0.145. The highest BCUT2D eigenvalue weighted by Gasteiger charge is 2.41. The molecular formula is C12H14Cl2O2. The molecular weight excluding hydrogens is 247 g/mol. The Morgan fingerprint density at radius 2 is 1.69 bits per heavy atom. The summed E-state index contributed by atoms with van der Waals surface area (Å²) in [5.74, 6) is -0.591. The van der Waals surface area contributed by atoms with Crippen molar-refractivity contribution in [2.24, 2.45) is 0 Å². The van der Waals surface area contributed by atoms with Crippen molar-refractivity contribution in [2.45, 2.75) is 38.8 Å². The zero-order valence-electron chi connectivity index (χ0n) is 9.46. The van der Waals surface area contributed by atoms with Gasteiger partial charge >= 0.3 is 0 Å². The molecule has 16 heavy (non-hydrogen) atoms. The van der Waals surface area contributed by atoms with Gasteiger partial charge < -0.3 is 9.47 Å². The Balaban J connectivity index is 2.39. The van der Waals surface area contributed by atoms with E-state index in [-0.39, 0.29) is 12.2 Å². The normalized spacial score (nSPS) is 28.3. The van der Waals surface area contributed by atoms with Gasteiger partial charge in [0.15, 0.2) is 5.79 Å². The standard InChI is InChI=1S/C12H14Cl2O2/c1-7-11(16-12(2,3)15-7)10-8(13)5-4-6-9(10)14/h4-7,11H,1-3H3/t7-,11+/m0/s1. The minimum atomic E-state index is -0.591. The Labute approximate surface area is 105 Å². The number of halogens is 2. The molecule has 1 heterocycles. The molecule has 0 saturated carbocycles. The largest absolute Gasteiger partial charge is 0.344 e. The van der Waals surface area contributed by atoms with Crippen molar-refractivity contribution in [3.05, 3.63) is 33.8 Å². The van der Waals surface area contributed by atoms with E-state index in [4.69, 9.17) is 32.7 Å². The molecule has 0 radical (unpaired) electrons. The van der Waals surface area contributed by atoms with Gasteiger partial charge in [0.2, 0.25) is 0 Å². The van der Waals surface area contributed by atoms with Crippen LogP contribution in [0.5, 0.6) is 0 Å². The smallest absolute Gasteiger partial charge is 0.164 e. The third-order valence-electron chi connectivity index (χ3n) is 2.59. The Bertz CT molecular complexity index is 384. The molecule has 0 aromatic heterocycles. The highest BCUT2D eigenvalue weighted by molar-refractivity contribution is 6.36. The molecule has 1 fully saturated rings. The van der Waals surface area contributed by atoms with Crippen molar-refractivity contribution >= 4 is 23.2 Å². The first-order valence-corrected chi connectivity index (χ1v) is 5.96. The van der Waals surface area contributed by atoms with Crippen molar-refractivity contribution in [2.75, 3.05) is 0 Å². The maximum Gasteiger partial charge on any atom is 0.164 e. The molecule has 88 valence electrons. The summed E-state index contributed by atoms with van der Waals surface area (Å²) in [5.41, 5.74) is 0.809. The topological polar surface area (TPSA) is 18.5 Å². The fraction of sp³-hybridized carbons (Fsp3) is 0.500. The zero-order valence-corrected chi connectivity index (χ0v) is 11.0. The van der Waals surface area contributed by atoms with Crippen LogP contribution >= 0.6 is 23.2 Å². The van der Waals surface area contributed by atoms with Crippen LogP contribution in [-0.2, 0) is 9.47 Å². The summed E-state index contributed by atoms with van der Waals surface area (Å²) < 4.78 is 11.5. The van der Waals surface area contributed by atoms with Gasteiger partial charge in [0, 0.05) is 15.6 Å². The van der Waals surface area contributed by atoms with E-state index in [0.29, 0.717) is 10.0 Å². The predicted molar refractivity (Wildman–Crippen MR) is 64.9 cm³/mol. The van der Waals surface area contributed by atoms with E-state index in [0.717, 1.165) is 5.56 Å². The number of benzene rings is 1. The van der Waals surface area contributed by atoms with Gasteiger partial charge in [-0.25, -0.2) is 0 Å². The summed E-state index contributed by atoms with van der Waals surface area (Å²) in [6, 6.07) is 5.44. The highest BCUT2D eigenvalue weighted by Crippen LogP contribution is 2.43. The Hall–Kier alpha value is -0.280. The first-order valence-electron chi connectivity index (χ1n) is 5.20. The molecule has 1 aromatic carbocycles. The second-order valence-electron chi connectivity index (χ2n) is 4.40. The molecule has 0 spiro atoms. The molecule has 1 aliphatic heterocycles. The second kappa shape index (κ2) is 4.19. The Kier molecular flexibility index (Phi) is 3.19. The minimum Gasteiger partial charge on any atom is -0.344 e. The quantitative estimate of drug-likeness (QED) is 0.754. The third kappa shape index (κ3) is 2.21.